The molecule has 2 heterocycles. The molecule has 6 heteroatoms. The number of rotatable bonds is 4. The zero-order valence-corrected chi connectivity index (χ0v) is 13.9. The van der Waals surface area contributed by atoms with E-state index in [2.05, 4.69) is 4.98 Å². The number of benzene rings is 1. The number of hydrogen-bond acceptors (Lipinski definition) is 4. The Morgan fingerprint density at radius 1 is 1.32 bits per heavy atom. The van der Waals surface area contributed by atoms with Gasteiger partial charge >= 0.3 is 0 Å². The maximum Gasteiger partial charge on any atom is 0.265 e. The van der Waals surface area contributed by atoms with Crippen molar-refractivity contribution in [3.05, 3.63) is 44.9 Å². The van der Waals surface area contributed by atoms with Crippen LogP contribution in [0.5, 0.6) is 5.75 Å². The summed E-state index contributed by atoms with van der Waals surface area (Å²) in [6, 6.07) is 7.21. The highest BCUT2D eigenvalue weighted by atomic mass is 35.5. The summed E-state index contributed by atoms with van der Waals surface area (Å²) in [5.41, 5.74) is 0.789. The number of thiazole rings is 1. The molecule has 0 aliphatic carbocycles. The molecule has 0 spiro atoms. The number of ether oxygens (including phenoxy) is 1. The van der Waals surface area contributed by atoms with Crippen LogP contribution in [-0.4, -0.2) is 28.9 Å². The van der Waals surface area contributed by atoms with Crippen LogP contribution in [0, 0.1) is 6.92 Å². The van der Waals surface area contributed by atoms with Gasteiger partial charge in [-0.05, 0) is 44.0 Å². The second-order valence-electron chi connectivity index (χ2n) is 5.26. The van der Waals surface area contributed by atoms with E-state index in [1.54, 1.807) is 12.1 Å². The molecule has 0 unspecified atom stereocenters. The summed E-state index contributed by atoms with van der Waals surface area (Å²) in [6.45, 7) is 3.95. The van der Waals surface area contributed by atoms with E-state index in [-0.39, 0.29) is 5.91 Å². The number of halogens is 1. The van der Waals surface area contributed by atoms with Gasteiger partial charge in [-0.1, -0.05) is 11.6 Å². The maximum atomic E-state index is 12.4. The van der Waals surface area contributed by atoms with Crippen LogP contribution in [0.15, 0.2) is 24.3 Å². The highest BCUT2D eigenvalue weighted by Gasteiger charge is 2.23. The van der Waals surface area contributed by atoms with E-state index in [0.717, 1.165) is 47.3 Å². The van der Waals surface area contributed by atoms with E-state index in [4.69, 9.17) is 16.3 Å². The first kappa shape index (κ1) is 15.3. The van der Waals surface area contributed by atoms with Crippen molar-refractivity contribution >= 4 is 28.8 Å². The lowest BCUT2D eigenvalue weighted by Gasteiger charge is -2.13. The van der Waals surface area contributed by atoms with Crippen LogP contribution in [0.25, 0.3) is 0 Å². The largest absolute Gasteiger partial charge is 0.486 e. The van der Waals surface area contributed by atoms with Crippen LogP contribution in [0.2, 0.25) is 5.02 Å². The number of aryl methyl sites for hydroxylation is 1. The standard InChI is InChI=1S/C16H17ClN2O2S/c1-11-15(16(20)19-8-2-3-9-19)22-14(18-11)10-21-13-6-4-12(17)5-7-13/h4-7H,2-3,8-10H2,1H3. The maximum absolute atomic E-state index is 12.4. The van der Waals surface area contributed by atoms with Gasteiger partial charge in [0.1, 0.15) is 22.2 Å². The van der Waals surface area contributed by atoms with Gasteiger partial charge in [-0.25, -0.2) is 4.98 Å². The van der Waals surface area contributed by atoms with Gasteiger partial charge in [0.2, 0.25) is 0 Å². The zero-order chi connectivity index (χ0) is 15.5. The summed E-state index contributed by atoms with van der Waals surface area (Å²) < 4.78 is 5.68. The molecule has 1 saturated heterocycles. The van der Waals surface area contributed by atoms with Crippen molar-refractivity contribution in [2.75, 3.05) is 13.1 Å². The Balaban J connectivity index is 1.66. The van der Waals surface area contributed by atoms with Crippen molar-refractivity contribution in [3.8, 4) is 5.75 Å². The Morgan fingerprint density at radius 2 is 2.00 bits per heavy atom. The number of likely N-dealkylation sites (tertiary alicyclic amines) is 1. The second kappa shape index (κ2) is 6.67. The molecule has 22 heavy (non-hydrogen) atoms. The van der Waals surface area contributed by atoms with Crippen molar-refractivity contribution in [1.29, 1.82) is 0 Å². The van der Waals surface area contributed by atoms with Crippen LogP contribution < -0.4 is 4.74 Å². The average Bonchev–Trinajstić information content (AvgIpc) is 3.16. The minimum Gasteiger partial charge on any atom is -0.486 e. The van der Waals surface area contributed by atoms with Crippen molar-refractivity contribution < 1.29 is 9.53 Å². The molecular formula is C16H17ClN2O2S. The lowest BCUT2D eigenvalue weighted by Crippen LogP contribution is -2.27. The topological polar surface area (TPSA) is 42.4 Å². The number of carbonyl (C=O) groups excluding carboxylic acids is 1. The molecule has 1 amide bonds. The van der Waals surface area contributed by atoms with E-state index >= 15 is 0 Å². The number of hydrogen-bond donors (Lipinski definition) is 0. The van der Waals surface area contributed by atoms with Crippen molar-refractivity contribution in [2.45, 2.75) is 26.4 Å². The summed E-state index contributed by atoms with van der Waals surface area (Å²) in [7, 11) is 0. The predicted molar refractivity (Wildman–Crippen MR) is 87.8 cm³/mol. The van der Waals surface area contributed by atoms with E-state index in [1.165, 1.54) is 11.3 Å². The predicted octanol–water partition coefficient (Wildman–Crippen LogP) is 3.92. The number of aromatic nitrogens is 1. The fourth-order valence-corrected chi connectivity index (χ4v) is 3.52. The first-order valence-electron chi connectivity index (χ1n) is 7.27. The Hall–Kier alpha value is -1.59. The molecule has 0 radical (unpaired) electrons. The van der Waals surface area contributed by atoms with Gasteiger partial charge in [0.05, 0.1) is 5.69 Å². The first-order chi connectivity index (χ1) is 10.6. The first-order valence-corrected chi connectivity index (χ1v) is 8.47. The third-order valence-corrected chi connectivity index (χ3v) is 4.98. The van der Waals surface area contributed by atoms with Crippen molar-refractivity contribution in [3.63, 3.8) is 0 Å². The quantitative estimate of drug-likeness (QED) is 0.849. The monoisotopic (exact) mass is 336 g/mol. The molecule has 116 valence electrons. The van der Waals surface area contributed by atoms with E-state index in [9.17, 15) is 4.79 Å². The zero-order valence-electron chi connectivity index (χ0n) is 12.3. The fraction of sp³-hybridized carbons (Fsp3) is 0.375. The summed E-state index contributed by atoms with van der Waals surface area (Å²) >= 11 is 7.27. The van der Waals surface area contributed by atoms with Gasteiger partial charge in [-0.15, -0.1) is 11.3 Å². The summed E-state index contributed by atoms with van der Waals surface area (Å²) in [4.78, 5) is 19.5. The Labute approximate surface area is 138 Å². The fourth-order valence-electron chi connectivity index (χ4n) is 2.45. The molecule has 0 atom stereocenters. The molecule has 1 aliphatic rings. The van der Waals surface area contributed by atoms with E-state index < -0.39 is 0 Å². The van der Waals surface area contributed by atoms with E-state index in [0.29, 0.717) is 11.6 Å². The van der Waals surface area contributed by atoms with Gasteiger partial charge in [0.25, 0.3) is 5.91 Å². The SMILES string of the molecule is Cc1nc(COc2ccc(Cl)cc2)sc1C(=O)N1CCCC1. The minimum absolute atomic E-state index is 0.102. The molecule has 1 aliphatic heterocycles. The normalized spacial score (nSPS) is 14.4. The number of amides is 1. The molecular weight excluding hydrogens is 320 g/mol. The highest BCUT2D eigenvalue weighted by Crippen LogP contribution is 2.24. The molecule has 1 fully saturated rings. The Bertz CT molecular complexity index is 663. The smallest absolute Gasteiger partial charge is 0.265 e. The van der Waals surface area contributed by atoms with Gasteiger partial charge in [-0.3, -0.25) is 4.79 Å². The third-order valence-electron chi connectivity index (χ3n) is 3.60. The van der Waals surface area contributed by atoms with Crippen molar-refractivity contribution in [1.82, 2.24) is 9.88 Å². The summed E-state index contributed by atoms with van der Waals surface area (Å²) in [5.74, 6) is 0.843. The molecule has 1 aromatic heterocycles. The second-order valence-corrected chi connectivity index (χ2v) is 6.78. The van der Waals surface area contributed by atoms with Crippen LogP contribution in [-0.2, 0) is 6.61 Å². The molecule has 4 nitrogen and oxygen atoms in total. The van der Waals surface area contributed by atoms with Crippen LogP contribution in [0.4, 0.5) is 0 Å². The highest BCUT2D eigenvalue weighted by molar-refractivity contribution is 7.13. The average molecular weight is 337 g/mol. The minimum atomic E-state index is 0.102. The summed E-state index contributed by atoms with van der Waals surface area (Å²) in [6.07, 6.45) is 2.19. The number of nitrogens with zero attached hydrogens (tertiary/aromatic N) is 2. The molecule has 0 saturated carbocycles. The van der Waals surface area contributed by atoms with Crippen molar-refractivity contribution in [2.24, 2.45) is 0 Å². The van der Waals surface area contributed by atoms with Gasteiger partial charge < -0.3 is 9.64 Å². The van der Waals surface area contributed by atoms with Gasteiger partial charge in [0.15, 0.2) is 0 Å². The van der Waals surface area contributed by atoms with Crippen LogP contribution in [0.3, 0.4) is 0 Å². The lowest BCUT2D eigenvalue weighted by molar-refractivity contribution is 0.0796. The van der Waals surface area contributed by atoms with Crippen LogP contribution >= 0.6 is 22.9 Å². The molecule has 3 rings (SSSR count). The third kappa shape index (κ3) is 3.42. The Kier molecular flexibility index (Phi) is 4.64. The van der Waals surface area contributed by atoms with E-state index in [1.807, 2.05) is 24.0 Å². The van der Waals surface area contributed by atoms with Gasteiger partial charge in [-0.2, -0.15) is 0 Å². The van der Waals surface area contributed by atoms with Crippen LogP contribution in [0.1, 0.15) is 33.2 Å². The molecule has 0 N–H and O–H groups in total. The molecule has 2 aromatic rings. The molecule has 1 aromatic carbocycles. The number of carbonyl (C=O) groups is 1. The summed E-state index contributed by atoms with van der Waals surface area (Å²) in [5, 5.41) is 1.49. The Morgan fingerprint density at radius 3 is 2.68 bits per heavy atom. The molecule has 0 bridgehead atoms. The lowest BCUT2D eigenvalue weighted by atomic mass is 10.3. The van der Waals surface area contributed by atoms with Gasteiger partial charge in [0, 0.05) is 18.1 Å².